The molecule has 1 saturated carbocycles. The van der Waals surface area contributed by atoms with Crippen LogP contribution in [0, 0.1) is 11.3 Å². The van der Waals surface area contributed by atoms with Crippen molar-refractivity contribution in [2.75, 3.05) is 6.54 Å². The Morgan fingerprint density at radius 2 is 2.06 bits per heavy atom. The number of nitrogens with one attached hydrogen (secondary N) is 1. The molecule has 1 fully saturated rings. The molecule has 2 rings (SSSR count). The number of guanidine groups is 1. The lowest BCUT2D eigenvalue weighted by atomic mass is 9.76. The first-order valence-electron chi connectivity index (χ1n) is 6.49. The minimum Gasteiger partial charge on any atom is -0.370 e. The zero-order valence-electron chi connectivity index (χ0n) is 10.8. The van der Waals surface area contributed by atoms with Crippen LogP contribution in [0.15, 0.2) is 4.99 Å². The van der Waals surface area contributed by atoms with Crippen LogP contribution in [0.5, 0.6) is 0 Å². The molecule has 1 spiro atoms. The van der Waals surface area contributed by atoms with Crippen molar-refractivity contribution in [1.82, 2.24) is 5.32 Å². The quantitative estimate of drug-likeness (QED) is 0.662. The Bertz CT molecular complexity index is 290. The largest absolute Gasteiger partial charge is 0.370 e. The predicted octanol–water partition coefficient (Wildman–Crippen LogP) is 2.27. The number of nitrogens with zero attached hydrogens (tertiary/aromatic N) is 1. The van der Waals surface area contributed by atoms with Gasteiger partial charge in [0.15, 0.2) is 5.96 Å². The van der Waals surface area contributed by atoms with Gasteiger partial charge >= 0.3 is 0 Å². The molecule has 0 amide bonds. The van der Waals surface area contributed by atoms with E-state index in [1.54, 1.807) is 0 Å². The number of hydrogen-bond donors (Lipinski definition) is 2. The van der Waals surface area contributed by atoms with Gasteiger partial charge in [-0.2, -0.15) is 0 Å². The normalized spacial score (nSPS) is 35.7. The molecule has 3 nitrogen and oxygen atoms in total. The summed E-state index contributed by atoms with van der Waals surface area (Å²) in [6.45, 7) is 7.98. The summed E-state index contributed by atoms with van der Waals surface area (Å²) in [5.74, 6) is 1.49. The Morgan fingerprint density at radius 3 is 2.62 bits per heavy atom. The molecule has 1 aliphatic heterocycles. The summed E-state index contributed by atoms with van der Waals surface area (Å²) in [4.78, 5) is 4.33. The van der Waals surface area contributed by atoms with Crippen molar-refractivity contribution in [3.63, 3.8) is 0 Å². The maximum absolute atomic E-state index is 5.75. The van der Waals surface area contributed by atoms with Crippen LogP contribution in [0.4, 0.5) is 0 Å². The van der Waals surface area contributed by atoms with Crippen LogP contribution in [0.25, 0.3) is 0 Å². The molecule has 1 aliphatic carbocycles. The van der Waals surface area contributed by atoms with Gasteiger partial charge in [0.05, 0.1) is 12.1 Å². The molecular weight excluding hydrogens is 198 g/mol. The summed E-state index contributed by atoms with van der Waals surface area (Å²) in [6.07, 6.45) is 6.41. The van der Waals surface area contributed by atoms with Crippen LogP contribution in [0.2, 0.25) is 0 Å². The monoisotopic (exact) mass is 223 g/mol. The van der Waals surface area contributed by atoms with Gasteiger partial charge in [-0.15, -0.1) is 0 Å². The van der Waals surface area contributed by atoms with E-state index < -0.39 is 0 Å². The summed E-state index contributed by atoms with van der Waals surface area (Å²) in [6, 6.07) is 0. The van der Waals surface area contributed by atoms with Crippen LogP contribution in [-0.2, 0) is 0 Å². The molecule has 2 atom stereocenters. The molecular formula is C13H25N3. The highest BCUT2D eigenvalue weighted by Gasteiger charge is 2.38. The minimum absolute atomic E-state index is 0.198. The van der Waals surface area contributed by atoms with E-state index in [2.05, 4.69) is 31.1 Å². The lowest BCUT2D eigenvalue weighted by molar-refractivity contribution is 0.210. The standard InChI is InChI=1S/C13H25N3/c1-12(2,3)10-5-4-7-13(8-6-10)9-15-11(14)16-13/h10H,4-9H2,1-3H3,(H3,14,15,16). The fourth-order valence-electron chi connectivity index (χ4n) is 3.14. The summed E-state index contributed by atoms with van der Waals surface area (Å²) < 4.78 is 0. The Labute approximate surface area is 98.9 Å². The molecule has 0 bridgehead atoms. The number of nitrogens with two attached hydrogens (primary N) is 1. The van der Waals surface area contributed by atoms with Gasteiger partial charge in [0.2, 0.25) is 0 Å². The molecule has 0 aromatic heterocycles. The second-order valence-corrected chi connectivity index (χ2v) is 6.60. The Kier molecular flexibility index (Phi) is 2.89. The van der Waals surface area contributed by atoms with Crippen molar-refractivity contribution >= 4 is 5.96 Å². The highest BCUT2D eigenvalue weighted by atomic mass is 15.2. The zero-order valence-corrected chi connectivity index (χ0v) is 10.8. The molecule has 0 aromatic carbocycles. The third-order valence-electron chi connectivity index (χ3n) is 4.35. The first-order valence-corrected chi connectivity index (χ1v) is 6.49. The van der Waals surface area contributed by atoms with Crippen LogP contribution in [0.1, 0.15) is 52.9 Å². The summed E-state index contributed by atoms with van der Waals surface area (Å²) in [5, 5.41) is 3.41. The van der Waals surface area contributed by atoms with Gasteiger partial charge in [-0.1, -0.05) is 27.2 Å². The third-order valence-corrected chi connectivity index (χ3v) is 4.35. The number of aliphatic imine (C=N–C) groups is 1. The first-order chi connectivity index (χ1) is 7.41. The van der Waals surface area contributed by atoms with E-state index >= 15 is 0 Å². The number of rotatable bonds is 0. The third kappa shape index (κ3) is 2.33. The van der Waals surface area contributed by atoms with Crippen molar-refractivity contribution in [1.29, 1.82) is 0 Å². The molecule has 3 heteroatoms. The molecule has 92 valence electrons. The fourth-order valence-corrected chi connectivity index (χ4v) is 3.14. The summed E-state index contributed by atoms with van der Waals surface area (Å²) in [7, 11) is 0. The van der Waals surface area contributed by atoms with Crippen molar-refractivity contribution in [2.45, 2.75) is 58.4 Å². The highest BCUT2D eigenvalue weighted by Crippen LogP contribution is 2.40. The maximum Gasteiger partial charge on any atom is 0.189 e. The molecule has 3 N–H and O–H groups in total. The van der Waals surface area contributed by atoms with E-state index in [-0.39, 0.29) is 5.54 Å². The zero-order chi connectivity index (χ0) is 11.8. The minimum atomic E-state index is 0.198. The van der Waals surface area contributed by atoms with Crippen LogP contribution in [0.3, 0.4) is 0 Å². The molecule has 0 saturated heterocycles. The van der Waals surface area contributed by atoms with Crippen LogP contribution >= 0.6 is 0 Å². The average Bonchev–Trinajstić information content (AvgIpc) is 2.42. The topological polar surface area (TPSA) is 50.4 Å². The van der Waals surface area contributed by atoms with Gasteiger partial charge in [0.25, 0.3) is 0 Å². The SMILES string of the molecule is CC(C)(C)C1CCCC2(CC1)CN=C(N)N2. The fraction of sp³-hybridized carbons (Fsp3) is 0.923. The second kappa shape index (κ2) is 3.94. The number of hydrogen-bond acceptors (Lipinski definition) is 3. The molecule has 2 unspecified atom stereocenters. The van der Waals surface area contributed by atoms with Gasteiger partial charge in [0.1, 0.15) is 0 Å². The maximum atomic E-state index is 5.75. The Balaban J connectivity index is 1.99. The van der Waals surface area contributed by atoms with E-state index in [9.17, 15) is 0 Å². The summed E-state index contributed by atoms with van der Waals surface area (Å²) >= 11 is 0. The Hall–Kier alpha value is -0.730. The molecule has 0 radical (unpaired) electrons. The van der Waals surface area contributed by atoms with Crippen LogP contribution in [-0.4, -0.2) is 18.0 Å². The Morgan fingerprint density at radius 1 is 1.31 bits per heavy atom. The van der Waals surface area contributed by atoms with E-state index in [1.807, 2.05) is 0 Å². The van der Waals surface area contributed by atoms with Gasteiger partial charge in [-0.3, -0.25) is 4.99 Å². The lowest BCUT2D eigenvalue weighted by Crippen LogP contribution is -2.47. The highest BCUT2D eigenvalue weighted by molar-refractivity contribution is 5.80. The average molecular weight is 223 g/mol. The van der Waals surface area contributed by atoms with Crippen molar-refractivity contribution < 1.29 is 0 Å². The van der Waals surface area contributed by atoms with Gasteiger partial charge < -0.3 is 11.1 Å². The summed E-state index contributed by atoms with van der Waals surface area (Å²) in [5.41, 5.74) is 6.39. The van der Waals surface area contributed by atoms with Crippen LogP contribution < -0.4 is 11.1 Å². The second-order valence-electron chi connectivity index (χ2n) is 6.60. The van der Waals surface area contributed by atoms with E-state index in [0.717, 1.165) is 12.5 Å². The van der Waals surface area contributed by atoms with E-state index in [0.29, 0.717) is 11.4 Å². The van der Waals surface area contributed by atoms with Crippen molar-refractivity contribution in [3.8, 4) is 0 Å². The molecule has 16 heavy (non-hydrogen) atoms. The van der Waals surface area contributed by atoms with Gasteiger partial charge in [-0.05, 0) is 37.0 Å². The lowest BCUT2D eigenvalue weighted by Gasteiger charge is -2.31. The molecule has 1 heterocycles. The first kappa shape index (κ1) is 11.7. The molecule has 2 aliphatic rings. The van der Waals surface area contributed by atoms with Crippen molar-refractivity contribution in [3.05, 3.63) is 0 Å². The van der Waals surface area contributed by atoms with E-state index in [1.165, 1.54) is 32.1 Å². The van der Waals surface area contributed by atoms with Crippen molar-refractivity contribution in [2.24, 2.45) is 22.1 Å². The van der Waals surface area contributed by atoms with Gasteiger partial charge in [0, 0.05) is 0 Å². The molecule has 0 aromatic rings. The smallest absolute Gasteiger partial charge is 0.189 e. The van der Waals surface area contributed by atoms with Gasteiger partial charge in [-0.25, -0.2) is 0 Å². The van der Waals surface area contributed by atoms with E-state index in [4.69, 9.17) is 5.73 Å². The predicted molar refractivity (Wildman–Crippen MR) is 68.4 cm³/mol.